The molecule has 0 bridgehead atoms. The van der Waals surface area contributed by atoms with Crippen LogP contribution in [0.2, 0.25) is 0 Å². The van der Waals surface area contributed by atoms with Gasteiger partial charge in [0.15, 0.2) is 0 Å². The van der Waals surface area contributed by atoms with Crippen LogP contribution in [0.1, 0.15) is 26.3 Å². The van der Waals surface area contributed by atoms with Gasteiger partial charge in [-0.2, -0.15) is 0 Å². The second-order valence-electron chi connectivity index (χ2n) is 9.68. The Hall–Kier alpha value is -3.91. The number of benzene rings is 4. The lowest BCUT2D eigenvalue weighted by molar-refractivity contribution is 0.490. The van der Waals surface area contributed by atoms with Crippen molar-refractivity contribution < 1.29 is 4.74 Å². The monoisotopic (exact) mass is 427 g/mol. The van der Waals surface area contributed by atoms with Gasteiger partial charge >= 0.3 is 0 Å². The maximum absolute atomic E-state index is 6.81. The summed E-state index contributed by atoms with van der Waals surface area (Å²) in [7, 11) is 0. The van der Waals surface area contributed by atoms with Crippen LogP contribution in [-0.4, -0.2) is 4.98 Å². The van der Waals surface area contributed by atoms with E-state index in [2.05, 4.69) is 106 Å². The minimum Gasteiger partial charge on any atom is -0.455 e. The molecule has 5 aromatic rings. The van der Waals surface area contributed by atoms with Crippen LogP contribution in [0, 0.1) is 0 Å². The largest absolute Gasteiger partial charge is 0.455 e. The summed E-state index contributed by atoms with van der Waals surface area (Å²) in [6, 6.07) is 32.0. The summed E-state index contributed by atoms with van der Waals surface area (Å²) in [5, 5.41) is 2.35. The molecule has 4 aromatic carbocycles. The summed E-state index contributed by atoms with van der Waals surface area (Å²) < 4.78 is 6.81. The number of hydrogen-bond acceptors (Lipinski definition) is 2. The molecule has 160 valence electrons. The highest BCUT2D eigenvalue weighted by Crippen LogP contribution is 2.52. The van der Waals surface area contributed by atoms with Gasteiger partial charge in [-0.15, -0.1) is 0 Å². The molecule has 1 aromatic heterocycles. The fourth-order valence-corrected chi connectivity index (χ4v) is 4.73. The molecule has 0 aliphatic carbocycles. The summed E-state index contributed by atoms with van der Waals surface area (Å²) >= 11 is 0. The van der Waals surface area contributed by atoms with Crippen molar-refractivity contribution in [3.63, 3.8) is 0 Å². The Morgan fingerprint density at radius 2 is 1.39 bits per heavy atom. The number of ether oxygens (including phenoxy) is 1. The van der Waals surface area contributed by atoms with Gasteiger partial charge in [0.2, 0.25) is 0 Å². The van der Waals surface area contributed by atoms with E-state index in [9.17, 15) is 0 Å². The highest BCUT2D eigenvalue weighted by molar-refractivity contribution is 6.08. The molecular formula is C31H25NO. The van der Waals surface area contributed by atoms with Gasteiger partial charge in [-0.1, -0.05) is 87.5 Å². The van der Waals surface area contributed by atoms with E-state index in [-0.39, 0.29) is 5.41 Å². The molecule has 0 atom stereocenters. The minimum absolute atomic E-state index is 0.0477. The molecule has 0 saturated heterocycles. The zero-order chi connectivity index (χ0) is 22.6. The molecule has 0 saturated carbocycles. The average molecular weight is 428 g/mol. The average Bonchev–Trinajstić information content (AvgIpc) is 2.84. The van der Waals surface area contributed by atoms with Crippen molar-refractivity contribution in [1.29, 1.82) is 0 Å². The summed E-state index contributed by atoms with van der Waals surface area (Å²) in [4.78, 5) is 4.74. The quantitative estimate of drug-likeness (QED) is 0.276. The molecule has 6 rings (SSSR count). The molecule has 0 N–H and O–H groups in total. The number of aromatic nitrogens is 1. The maximum atomic E-state index is 6.81. The van der Waals surface area contributed by atoms with Gasteiger partial charge in [-0.05, 0) is 51.8 Å². The van der Waals surface area contributed by atoms with E-state index < -0.39 is 0 Å². The second-order valence-corrected chi connectivity index (χ2v) is 9.68. The van der Waals surface area contributed by atoms with Gasteiger partial charge in [0.25, 0.3) is 0 Å². The van der Waals surface area contributed by atoms with Crippen molar-refractivity contribution in [3.05, 3.63) is 103 Å². The van der Waals surface area contributed by atoms with Gasteiger partial charge in [0.05, 0.1) is 5.69 Å². The van der Waals surface area contributed by atoms with Crippen molar-refractivity contribution in [2.45, 2.75) is 26.2 Å². The van der Waals surface area contributed by atoms with Crippen LogP contribution in [0.3, 0.4) is 0 Å². The van der Waals surface area contributed by atoms with Crippen molar-refractivity contribution in [2.24, 2.45) is 0 Å². The van der Waals surface area contributed by atoms with Gasteiger partial charge in [0.1, 0.15) is 11.5 Å². The first-order valence-electron chi connectivity index (χ1n) is 11.4. The van der Waals surface area contributed by atoms with Crippen molar-refractivity contribution >= 4 is 10.8 Å². The maximum Gasteiger partial charge on any atom is 0.144 e. The summed E-state index contributed by atoms with van der Waals surface area (Å²) in [6.07, 6.45) is 1.90. The number of rotatable bonds is 2. The number of pyridine rings is 1. The van der Waals surface area contributed by atoms with Crippen LogP contribution in [0.15, 0.2) is 97.2 Å². The topological polar surface area (TPSA) is 22.1 Å². The summed E-state index contributed by atoms with van der Waals surface area (Å²) in [5.74, 6) is 1.79. The summed E-state index contributed by atoms with van der Waals surface area (Å²) in [6.45, 7) is 6.68. The van der Waals surface area contributed by atoms with E-state index >= 15 is 0 Å². The Bertz CT molecular complexity index is 1510. The lowest BCUT2D eigenvalue weighted by Gasteiger charge is -2.26. The van der Waals surface area contributed by atoms with Crippen molar-refractivity contribution in [2.75, 3.05) is 0 Å². The second kappa shape index (κ2) is 7.31. The van der Waals surface area contributed by atoms with Crippen molar-refractivity contribution in [3.8, 4) is 45.0 Å². The minimum atomic E-state index is 0.0477. The summed E-state index contributed by atoms with van der Waals surface area (Å²) in [5.41, 5.74) is 7.83. The van der Waals surface area contributed by atoms with E-state index in [1.807, 2.05) is 12.3 Å². The Morgan fingerprint density at radius 1 is 0.636 bits per heavy atom. The van der Waals surface area contributed by atoms with Crippen LogP contribution < -0.4 is 4.74 Å². The van der Waals surface area contributed by atoms with Gasteiger partial charge in [-0.3, -0.25) is 4.98 Å². The number of hydrogen-bond donors (Lipinski definition) is 0. The Morgan fingerprint density at radius 3 is 2.21 bits per heavy atom. The highest BCUT2D eigenvalue weighted by atomic mass is 16.5. The molecule has 0 unspecified atom stereocenters. The van der Waals surface area contributed by atoms with E-state index in [1.165, 1.54) is 21.9 Å². The fraction of sp³-hybridized carbons (Fsp3) is 0.129. The Balaban J connectivity index is 1.62. The van der Waals surface area contributed by atoms with Crippen LogP contribution >= 0.6 is 0 Å². The third-order valence-corrected chi connectivity index (χ3v) is 6.49. The number of nitrogens with zero attached hydrogens (tertiary/aromatic N) is 1. The Kier molecular flexibility index (Phi) is 4.38. The molecule has 0 amide bonds. The van der Waals surface area contributed by atoms with Crippen LogP contribution in [0.25, 0.3) is 44.3 Å². The predicted molar refractivity (Wildman–Crippen MR) is 137 cm³/mol. The molecule has 0 spiro atoms. The molecule has 1 aliphatic rings. The van der Waals surface area contributed by atoms with Gasteiger partial charge < -0.3 is 4.74 Å². The van der Waals surface area contributed by atoms with E-state index in [1.54, 1.807) is 0 Å². The SMILES string of the molecule is CC(C)(C)c1ccnc(-c2cccc3c2Oc2c(-c4ccccc4)ccc4cccc-3c24)c1. The molecule has 2 heterocycles. The first kappa shape index (κ1) is 19.8. The Labute approximate surface area is 194 Å². The normalized spacial score (nSPS) is 12.3. The molecule has 0 fully saturated rings. The van der Waals surface area contributed by atoms with Crippen LogP contribution in [-0.2, 0) is 5.41 Å². The molecule has 2 heteroatoms. The molecule has 33 heavy (non-hydrogen) atoms. The first-order chi connectivity index (χ1) is 16.0. The third kappa shape index (κ3) is 3.22. The standard InChI is InChI=1S/C31H25NO/c1-31(2,3)22-17-18-32-27(19-22)26-14-8-13-25-24-12-7-11-21-15-16-23(20-9-5-4-6-10-20)30(28(21)24)33-29(25)26/h4-19H,1-3H3. The highest BCUT2D eigenvalue weighted by Gasteiger charge is 2.26. The predicted octanol–water partition coefficient (Wildman–Crippen LogP) is 8.64. The fourth-order valence-electron chi connectivity index (χ4n) is 4.73. The van der Waals surface area contributed by atoms with Gasteiger partial charge in [0, 0.05) is 28.3 Å². The number of para-hydroxylation sites is 1. The molecule has 1 aliphatic heterocycles. The van der Waals surface area contributed by atoms with E-state index in [0.717, 1.165) is 39.4 Å². The zero-order valence-corrected chi connectivity index (χ0v) is 19.1. The lowest BCUT2D eigenvalue weighted by atomic mass is 9.86. The smallest absolute Gasteiger partial charge is 0.144 e. The molecule has 2 nitrogen and oxygen atoms in total. The zero-order valence-electron chi connectivity index (χ0n) is 19.1. The molecule has 0 radical (unpaired) electrons. The van der Waals surface area contributed by atoms with Crippen LogP contribution in [0.4, 0.5) is 0 Å². The number of fused-ring (bicyclic) bond motifs is 2. The molecular weight excluding hydrogens is 402 g/mol. The lowest BCUT2D eigenvalue weighted by Crippen LogP contribution is -2.11. The third-order valence-electron chi connectivity index (χ3n) is 6.49. The van der Waals surface area contributed by atoms with Crippen LogP contribution in [0.5, 0.6) is 11.5 Å². The van der Waals surface area contributed by atoms with E-state index in [4.69, 9.17) is 9.72 Å². The van der Waals surface area contributed by atoms with Crippen molar-refractivity contribution in [1.82, 2.24) is 4.98 Å². The van der Waals surface area contributed by atoms with Gasteiger partial charge in [-0.25, -0.2) is 0 Å². The first-order valence-corrected chi connectivity index (χ1v) is 11.4. The van der Waals surface area contributed by atoms with E-state index in [0.29, 0.717) is 0 Å².